The third kappa shape index (κ3) is 4.40. The molecule has 29 heavy (non-hydrogen) atoms. The number of thioether (sulfide) groups is 1. The molecule has 8 heteroatoms. The van der Waals surface area contributed by atoms with Gasteiger partial charge < -0.3 is 15.1 Å². The predicted octanol–water partition coefficient (Wildman–Crippen LogP) is 2.10. The molecule has 2 atom stereocenters. The van der Waals surface area contributed by atoms with Gasteiger partial charge in [0.2, 0.25) is 0 Å². The van der Waals surface area contributed by atoms with E-state index in [-0.39, 0.29) is 17.3 Å². The molecule has 0 radical (unpaired) electrons. The summed E-state index contributed by atoms with van der Waals surface area (Å²) in [7, 11) is 0. The third-order valence-electron chi connectivity index (χ3n) is 5.98. The Hall–Kier alpha value is -1.74. The van der Waals surface area contributed by atoms with Crippen LogP contribution in [0.3, 0.4) is 0 Å². The highest BCUT2D eigenvalue weighted by Gasteiger charge is 2.28. The van der Waals surface area contributed by atoms with Crippen molar-refractivity contribution in [2.45, 2.75) is 49.4 Å². The molecular formula is C21H26FN3O3S. The number of aromatic nitrogens is 2. The predicted molar refractivity (Wildman–Crippen MR) is 109 cm³/mol. The Kier molecular flexibility index (Phi) is 6.06. The van der Waals surface area contributed by atoms with E-state index in [4.69, 9.17) is 0 Å². The number of hydrogen-bond acceptors (Lipinski definition) is 6. The van der Waals surface area contributed by atoms with Crippen LogP contribution in [0.25, 0.3) is 0 Å². The van der Waals surface area contributed by atoms with E-state index in [9.17, 15) is 19.4 Å². The van der Waals surface area contributed by atoms with Crippen molar-refractivity contribution >= 4 is 11.8 Å². The van der Waals surface area contributed by atoms with Gasteiger partial charge in [-0.05, 0) is 62.9 Å². The molecule has 2 N–H and O–H groups in total. The number of benzene rings is 1. The number of rotatable bonds is 5. The number of halogens is 1. The van der Waals surface area contributed by atoms with Crippen molar-refractivity contribution in [3.05, 3.63) is 57.3 Å². The maximum atomic E-state index is 13.1. The van der Waals surface area contributed by atoms with Crippen LogP contribution < -0.4 is 5.56 Å². The Morgan fingerprint density at radius 3 is 2.66 bits per heavy atom. The van der Waals surface area contributed by atoms with E-state index in [1.807, 2.05) is 6.92 Å². The standard InChI is InChI=1S/C21H26FN3O3S/c1-13-17(20(28)25-12-18(26)29-21(25)23-13)8-11-24-9-6-15(7-10-24)19(27)14-2-4-16(22)5-3-14/h2-5,15,18-19,26-27H,6-12H2,1H3. The highest BCUT2D eigenvalue weighted by Crippen LogP contribution is 2.31. The highest BCUT2D eigenvalue weighted by atomic mass is 32.2. The van der Waals surface area contributed by atoms with E-state index < -0.39 is 11.5 Å². The van der Waals surface area contributed by atoms with E-state index in [1.54, 1.807) is 16.7 Å². The van der Waals surface area contributed by atoms with E-state index in [0.29, 0.717) is 18.1 Å². The van der Waals surface area contributed by atoms with Crippen molar-refractivity contribution < 1.29 is 14.6 Å². The maximum absolute atomic E-state index is 13.1. The molecule has 6 nitrogen and oxygen atoms in total. The zero-order valence-electron chi connectivity index (χ0n) is 16.4. The quantitative estimate of drug-likeness (QED) is 0.723. The molecule has 4 rings (SSSR count). The number of nitrogens with zero attached hydrogens (tertiary/aromatic N) is 3. The summed E-state index contributed by atoms with van der Waals surface area (Å²) in [6.45, 7) is 4.64. The van der Waals surface area contributed by atoms with Gasteiger partial charge in [-0.2, -0.15) is 0 Å². The summed E-state index contributed by atoms with van der Waals surface area (Å²) in [5.74, 6) is -0.139. The van der Waals surface area contributed by atoms with Crippen molar-refractivity contribution in [3.63, 3.8) is 0 Å². The molecule has 1 aromatic carbocycles. The molecule has 0 amide bonds. The molecule has 156 valence electrons. The van der Waals surface area contributed by atoms with Crippen molar-refractivity contribution in [1.82, 2.24) is 14.5 Å². The van der Waals surface area contributed by atoms with Crippen LogP contribution in [-0.2, 0) is 13.0 Å². The van der Waals surface area contributed by atoms with Crippen LogP contribution in [-0.4, -0.2) is 49.7 Å². The molecule has 1 aromatic heterocycles. The molecule has 3 heterocycles. The first-order valence-corrected chi connectivity index (χ1v) is 10.9. The average Bonchev–Trinajstić information content (AvgIpc) is 3.08. The Labute approximate surface area is 173 Å². The summed E-state index contributed by atoms with van der Waals surface area (Å²) < 4.78 is 14.7. The van der Waals surface area contributed by atoms with Crippen LogP contribution in [0.5, 0.6) is 0 Å². The largest absolute Gasteiger partial charge is 0.388 e. The number of aryl methyl sites for hydroxylation is 1. The smallest absolute Gasteiger partial charge is 0.257 e. The van der Waals surface area contributed by atoms with Crippen molar-refractivity contribution in [2.75, 3.05) is 19.6 Å². The van der Waals surface area contributed by atoms with Crippen LogP contribution in [0.4, 0.5) is 4.39 Å². The summed E-state index contributed by atoms with van der Waals surface area (Å²) in [4.78, 5) is 19.5. The van der Waals surface area contributed by atoms with Gasteiger partial charge in [0.15, 0.2) is 5.16 Å². The van der Waals surface area contributed by atoms with Crippen molar-refractivity contribution in [3.8, 4) is 0 Å². The van der Waals surface area contributed by atoms with E-state index >= 15 is 0 Å². The summed E-state index contributed by atoms with van der Waals surface area (Å²) in [5, 5.41) is 21.0. The minimum absolute atomic E-state index is 0.0434. The zero-order chi connectivity index (χ0) is 20.5. The minimum Gasteiger partial charge on any atom is -0.388 e. The summed E-state index contributed by atoms with van der Waals surface area (Å²) in [6, 6.07) is 6.07. The van der Waals surface area contributed by atoms with Gasteiger partial charge in [0.1, 0.15) is 11.3 Å². The van der Waals surface area contributed by atoms with Crippen LogP contribution >= 0.6 is 11.8 Å². The normalized spacial score (nSPS) is 21.3. The van der Waals surface area contributed by atoms with Gasteiger partial charge in [-0.25, -0.2) is 9.37 Å². The van der Waals surface area contributed by atoms with Gasteiger partial charge in [-0.3, -0.25) is 9.36 Å². The van der Waals surface area contributed by atoms with E-state index in [0.717, 1.165) is 49.3 Å². The minimum atomic E-state index is -0.601. The number of aliphatic hydroxyl groups is 2. The van der Waals surface area contributed by atoms with E-state index in [1.165, 1.54) is 23.9 Å². The monoisotopic (exact) mass is 419 g/mol. The fourth-order valence-corrected chi connectivity index (χ4v) is 5.17. The Balaban J connectivity index is 1.33. The lowest BCUT2D eigenvalue weighted by Crippen LogP contribution is -2.38. The second kappa shape index (κ2) is 8.55. The fourth-order valence-electron chi connectivity index (χ4n) is 4.22. The number of likely N-dealkylation sites (tertiary alicyclic amines) is 1. The van der Waals surface area contributed by atoms with Crippen molar-refractivity contribution in [2.24, 2.45) is 5.92 Å². The van der Waals surface area contributed by atoms with Gasteiger partial charge >= 0.3 is 0 Å². The molecule has 2 unspecified atom stereocenters. The SMILES string of the molecule is Cc1nc2n(c(=O)c1CCN1CCC(C(O)c3ccc(F)cc3)CC1)CC(O)S2. The average molecular weight is 420 g/mol. The maximum Gasteiger partial charge on any atom is 0.257 e. The number of fused-ring (bicyclic) bond motifs is 1. The van der Waals surface area contributed by atoms with Crippen molar-refractivity contribution in [1.29, 1.82) is 0 Å². The van der Waals surface area contributed by atoms with Gasteiger partial charge in [-0.15, -0.1) is 0 Å². The second-order valence-corrected chi connectivity index (χ2v) is 9.02. The highest BCUT2D eigenvalue weighted by molar-refractivity contribution is 7.99. The summed E-state index contributed by atoms with van der Waals surface area (Å²) in [5.41, 5.74) is 1.58. The lowest BCUT2D eigenvalue weighted by Gasteiger charge is -2.34. The van der Waals surface area contributed by atoms with Crippen LogP contribution in [0.15, 0.2) is 34.2 Å². The lowest BCUT2D eigenvalue weighted by molar-refractivity contribution is 0.0591. The first-order valence-electron chi connectivity index (χ1n) is 10.0. The molecule has 2 aromatic rings. The van der Waals surface area contributed by atoms with E-state index in [2.05, 4.69) is 9.88 Å². The number of aliphatic hydroxyl groups excluding tert-OH is 2. The lowest BCUT2D eigenvalue weighted by atomic mass is 9.87. The van der Waals surface area contributed by atoms with Gasteiger partial charge in [0.25, 0.3) is 5.56 Å². The fraction of sp³-hybridized carbons (Fsp3) is 0.524. The molecule has 0 saturated carbocycles. The summed E-state index contributed by atoms with van der Waals surface area (Å²) in [6.07, 6.45) is 1.78. The number of hydrogen-bond donors (Lipinski definition) is 2. The number of piperidine rings is 1. The summed E-state index contributed by atoms with van der Waals surface area (Å²) >= 11 is 1.23. The first kappa shape index (κ1) is 20.5. The molecular weight excluding hydrogens is 393 g/mol. The van der Waals surface area contributed by atoms with Gasteiger partial charge in [0, 0.05) is 17.8 Å². The molecule has 1 saturated heterocycles. The molecule has 2 aliphatic heterocycles. The zero-order valence-corrected chi connectivity index (χ0v) is 17.2. The van der Waals surface area contributed by atoms with Gasteiger partial charge in [0.05, 0.1) is 12.6 Å². The van der Waals surface area contributed by atoms with Crippen LogP contribution in [0, 0.1) is 18.7 Å². The van der Waals surface area contributed by atoms with Crippen LogP contribution in [0.1, 0.15) is 35.8 Å². The molecule has 1 fully saturated rings. The first-order chi connectivity index (χ1) is 13.9. The van der Waals surface area contributed by atoms with Gasteiger partial charge in [-0.1, -0.05) is 23.9 Å². The Bertz CT molecular complexity index is 926. The van der Waals surface area contributed by atoms with Crippen LogP contribution in [0.2, 0.25) is 0 Å². The third-order valence-corrected chi connectivity index (χ3v) is 6.93. The Morgan fingerprint density at radius 2 is 1.97 bits per heavy atom. The molecule has 2 aliphatic rings. The second-order valence-electron chi connectivity index (χ2n) is 7.87. The topological polar surface area (TPSA) is 78.6 Å². The molecule has 0 bridgehead atoms. The molecule has 0 spiro atoms. The Morgan fingerprint density at radius 1 is 1.28 bits per heavy atom. The molecule has 0 aliphatic carbocycles.